The normalized spacial score (nSPS) is 9.93. The number of aromatic nitrogens is 2. The van der Waals surface area contributed by atoms with E-state index in [2.05, 4.69) is 27.1 Å². The molecule has 14 heavy (non-hydrogen) atoms. The van der Waals surface area contributed by atoms with Gasteiger partial charge < -0.3 is 16.0 Å². The number of hydrogen-bond donors (Lipinski definition) is 2. The van der Waals surface area contributed by atoms with Crippen LogP contribution in [0.4, 0.5) is 11.6 Å². The molecule has 78 valence electrons. The predicted octanol–water partition coefficient (Wildman–Crippen LogP) is 0.303. The molecule has 0 bridgehead atoms. The van der Waals surface area contributed by atoms with Gasteiger partial charge in [0, 0.05) is 32.7 Å². The molecule has 0 fully saturated rings. The minimum absolute atomic E-state index is 0.600. The maximum absolute atomic E-state index is 5.38. The number of nitrogens with two attached hydrogens (primary N) is 1. The van der Waals surface area contributed by atoms with E-state index in [1.54, 1.807) is 6.33 Å². The molecule has 0 saturated carbocycles. The van der Waals surface area contributed by atoms with Crippen molar-refractivity contribution in [3.05, 3.63) is 12.4 Å². The molecule has 0 atom stereocenters. The smallest absolute Gasteiger partial charge is 0.133 e. The van der Waals surface area contributed by atoms with Crippen LogP contribution in [0, 0.1) is 0 Å². The summed E-state index contributed by atoms with van der Waals surface area (Å²) in [7, 11) is 2.00. The lowest BCUT2D eigenvalue weighted by molar-refractivity contribution is 0.925. The summed E-state index contributed by atoms with van der Waals surface area (Å²) in [6.45, 7) is 4.33. The Morgan fingerprint density at radius 2 is 2.29 bits per heavy atom. The third-order valence-corrected chi connectivity index (χ3v) is 1.97. The molecular weight excluding hydrogens is 178 g/mol. The van der Waals surface area contributed by atoms with Gasteiger partial charge in [0.1, 0.15) is 18.0 Å². The van der Waals surface area contributed by atoms with Crippen LogP contribution in [0.25, 0.3) is 0 Å². The van der Waals surface area contributed by atoms with Crippen LogP contribution in [0.15, 0.2) is 12.4 Å². The lowest BCUT2D eigenvalue weighted by Crippen LogP contribution is -2.18. The minimum Gasteiger partial charge on any atom is -0.369 e. The summed E-state index contributed by atoms with van der Waals surface area (Å²) in [6, 6.07) is 1.92. The summed E-state index contributed by atoms with van der Waals surface area (Å²) in [4.78, 5) is 10.3. The quantitative estimate of drug-likeness (QED) is 0.707. The highest BCUT2D eigenvalue weighted by Crippen LogP contribution is 2.11. The molecule has 0 spiro atoms. The van der Waals surface area contributed by atoms with Crippen LogP contribution in [-0.2, 0) is 0 Å². The Balaban J connectivity index is 2.68. The van der Waals surface area contributed by atoms with Gasteiger partial charge in [-0.15, -0.1) is 0 Å². The molecule has 1 heterocycles. The summed E-state index contributed by atoms with van der Waals surface area (Å²) in [5.74, 6) is 1.74. The Morgan fingerprint density at radius 1 is 1.50 bits per heavy atom. The average Bonchev–Trinajstić information content (AvgIpc) is 2.25. The topological polar surface area (TPSA) is 67.1 Å². The molecule has 5 heteroatoms. The lowest BCUT2D eigenvalue weighted by atomic mass is 10.4. The summed E-state index contributed by atoms with van der Waals surface area (Å²) in [5.41, 5.74) is 5.38. The Bertz CT molecular complexity index is 276. The second-order valence-corrected chi connectivity index (χ2v) is 2.99. The van der Waals surface area contributed by atoms with Crippen molar-refractivity contribution < 1.29 is 0 Å². The molecule has 0 amide bonds. The van der Waals surface area contributed by atoms with Crippen LogP contribution in [0.5, 0.6) is 0 Å². The van der Waals surface area contributed by atoms with Crippen LogP contribution in [0.2, 0.25) is 0 Å². The predicted molar refractivity (Wildman–Crippen MR) is 58.5 cm³/mol. The summed E-state index contributed by atoms with van der Waals surface area (Å²) in [5, 5.41) is 3.11. The molecule has 0 aromatic carbocycles. The second-order valence-electron chi connectivity index (χ2n) is 2.99. The highest BCUT2D eigenvalue weighted by Gasteiger charge is 2.01. The van der Waals surface area contributed by atoms with Crippen molar-refractivity contribution in [2.45, 2.75) is 6.92 Å². The zero-order valence-corrected chi connectivity index (χ0v) is 8.70. The van der Waals surface area contributed by atoms with E-state index in [4.69, 9.17) is 5.73 Å². The van der Waals surface area contributed by atoms with E-state index in [1.807, 2.05) is 13.1 Å². The molecule has 1 aromatic heterocycles. The van der Waals surface area contributed by atoms with Crippen molar-refractivity contribution in [1.29, 1.82) is 0 Å². The fourth-order valence-electron chi connectivity index (χ4n) is 1.01. The largest absolute Gasteiger partial charge is 0.369 e. The number of hydrogen-bond acceptors (Lipinski definition) is 5. The third-order valence-electron chi connectivity index (χ3n) is 1.97. The lowest BCUT2D eigenvalue weighted by Gasteiger charge is -2.15. The first kappa shape index (κ1) is 10.7. The first-order valence-electron chi connectivity index (χ1n) is 4.75. The van der Waals surface area contributed by atoms with Crippen molar-refractivity contribution in [2.24, 2.45) is 5.73 Å². The van der Waals surface area contributed by atoms with Gasteiger partial charge in [-0.2, -0.15) is 0 Å². The standard InChI is InChI=1S/C9H17N5/c1-3-14(2)9-6-8(11-5-4-10)12-7-13-9/h6-7H,3-5,10H2,1-2H3,(H,11,12,13). The third kappa shape index (κ3) is 2.85. The average molecular weight is 195 g/mol. The van der Waals surface area contributed by atoms with Crippen molar-refractivity contribution >= 4 is 11.6 Å². The second kappa shape index (κ2) is 5.39. The van der Waals surface area contributed by atoms with E-state index < -0.39 is 0 Å². The van der Waals surface area contributed by atoms with E-state index in [1.165, 1.54) is 0 Å². The van der Waals surface area contributed by atoms with Gasteiger partial charge in [-0.3, -0.25) is 0 Å². The maximum Gasteiger partial charge on any atom is 0.133 e. The maximum atomic E-state index is 5.38. The van der Waals surface area contributed by atoms with Crippen LogP contribution in [0.1, 0.15) is 6.92 Å². The van der Waals surface area contributed by atoms with Crippen LogP contribution < -0.4 is 16.0 Å². The molecule has 0 aliphatic heterocycles. The zero-order chi connectivity index (χ0) is 10.4. The van der Waals surface area contributed by atoms with Crippen molar-refractivity contribution in [3.63, 3.8) is 0 Å². The zero-order valence-electron chi connectivity index (χ0n) is 8.70. The van der Waals surface area contributed by atoms with Crippen molar-refractivity contribution in [2.75, 3.05) is 36.9 Å². The van der Waals surface area contributed by atoms with Gasteiger partial charge in [-0.1, -0.05) is 0 Å². The minimum atomic E-state index is 0.600. The highest BCUT2D eigenvalue weighted by molar-refractivity contribution is 5.47. The molecule has 1 rings (SSSR count). The van der Waals surface area contributed by atoms with Gasteiger partial charge in [0.05, 0.1) is 0 Å². The van der Waals surface area contributed by atoms with Gasteiger partial charge in [-0.25, -0.2) is 9.97 Å². The molecule has 0 aliphatic carbocycles. The summed E-state index contributed by atoms with van der Waals surface area (Å²) < 4.78 is 0. The van der Waals surface area contributed by atoms with Gasteiger partial charge in [0.15, 0.2) is 0 Å². The fraction of sp³-hybridized carbons (Fsp3) is 0.556. The van der Waals surface area contributed by atoms with E-state index in [0.29, 0.717) is 6.54 Å². The fourth-order valence-corrected chi connectivity index (χ4v) is 1.01. The van der Waals surface area contributed by atoms with Crippen molar-refractivity contribution in [3.8, 4) is 0 Å². The molecular formula is C9H17N5. The van der Waals surface area contributed by atoms with E-state index in [-0.39, 0.29) is 0 Å². The number of anilines is 2. The molecule has 0 radical (unpaired) electrons. The number of nitrogens with zero attached hydrogens (tertiary/aromatic N) is 3. The summed E-state index contributed by atoms with van der Waals surface area (Å²) >= 11 is 0. The van der Waals surface area contributed by atoms with Gasteiger partial charge >= 0.3 is 0 Å². The van der Waals surface area contributed by atoms with Crippen LogP contribution in [0.3, 0.4) is 0 Å². The summed E-state index contributed by atoms with van der Waals surface area (Å²) in [6.07, 6.45) is 1.56. The highest BCUT2D eigenvalue weighted by atomic mass is 15.2. The molecule has 0 saturated heterocycles. The van der Waals surface area contributed by atoms with Crippen molar-refractivity contribution in [1.82, 2.24) is 9.97 Å². The molecule has 5 nitrogen and oxygen atoms in total. The SMILES string of the molecule is CCN(C)c1cc(NCCN)ncn1. The molecule has 0 unspecified atom stereocenters. The number of nitrogens with one attached hydrogen (secondary N) is 1. The van der Waals surface area contributed by atoms with Crippen LogP contribution >= 0.6 is 0 Å². The monoisotopic (exact) mass is 195 g/mol. The van der Waals surface area contributed by atoms with E-state index in [0.717, 1.165) is 24.7 Å². The molecule has 1 aromatic rings. The molecule has 0 aliphatic rings. The van der Waals surface area contributed by atoms with E-state index in [9.17, 15) is 0 Å². The first-order valence-corrected chi connectivity index (χ1v) is 4.75. The molecule has 3 N–H and O–H groups in total. The van der Waals surface area contributed by atoms with Gasteiger partial charge in [0.2, 0.25) is 0 Å². The Morgan fingerprint density at radius 3 is 2.93 bits per heavy atom. The van der Waals surface area contributed by atoms with E-state index >= 15 is 0 Å². The number of rotatable bonds is 5. The van der Waals surface area contributed by atoms with Gasteiger partial charge in [0.25, 0.3) is 0 Å². The Hall–Kier alpha value is -1.36. The van der Waals surface area contributed by atoms with Gasteiger partial charge in [-0.05, 0) is 6.92 Å². The Labute approximate surface area is 84.3 Å². The first-order chi connectivity index (χ1) is 6.77. The Kier molecular flexibility index (Phi) is 4.12. The van der Waals surface area contributed by atoms with Crippen LogP contribution in [-0.4, -0.2) is 36.6 Å².